The van der Waals surface area contributed by atoms with Crippen LogP contribution in [0.4, 0.5) is 0 Å². The first-order valence-corrected chi connectivity index (χ1v) is 9.03. The molecule has 3 aliphatic heterocycles. The molecule has 1 N–H and O–H groups in total. The van der Waals surface area contributed by atoms with Gasteiger partial charge in [0.1, 0.15) is 0 Å². The Labute approximate surface area is 142 Å². The van der Waals surface area contributed by atoms with Crippen molar-refractivity contribution in [1.82, 2.24) is 10.2 Å². The molecule has 0 bridgehead atoms. The summed E-state index contributed by atoms with van der Waals surface area (Å²) < 4.78 is 16.6. The smallest absolute Gasteiger partial charge is 0.287 e. The average molecular weight is 334 g/mol. The van der Waals surface area contributed by atoms with Gasteiger partial charge in [-0.15, -0.1) is 0 Å². The molecule has 1 aromatic rings. The standard InChI is InChI=1S/C18H26N2O4/c21-18(16-2-1-6-23-16)19-8-17-15-3-5-20(10-14(15)12-24-17)9-13-4-7-22-11-13/h1-2,6,13-15,17H,3-5,7-12H2,(H,19,21)/t13?,14-,15-,17+/m1/s1. The number of nitrogens with zero attached hydrogens (tertiary/aromatic N) is 1. The van der Waals surface area contributed by atoms with E-state index in [0.29, 0.717) is 30.1 Å². The minimum atomic E-state index is -0.161. The summed E-state index contributed by atoms with van der Waals surface area (Å²) in [4.78, 5) is 14.6. The van der Waals surface area contributed by atoms with Gasteiger partial charge >= 0.3 is 0 Å². The summed E-state index contributed by atoms with van der Waals surface area (Å²) in [7, 11) is 0. The maximum Gasteiger partial charge on any atom is 0.287 e. The maximum atomic E-state index is 12.0. The van der Waals surface area contributed by atoms with E-state index < -0.39 is 0 Å². The number of likely N-dealkylation sites (tertiary alicyclic amines) is 1. The first-order valence-electron chi connectivity index (χ1n) is 9.03. The normalized spacial score (nSPS) is 33.5. The van der Waals surface area contributed by atoms with Crippen molar-refractivity contribution in [1.29, 1.82) is 0 Å². The van der Waals surface area contributed by atoms with Crippen LogP contribution in [0.3, 0.4) is 0 Å². The lowest BCUT2D eigenvalue weighted by atomic mass is 9.84. The van der Waals surface area contributed by atoms with Crippen molar-refractivity contribution in [3.63, 3.8) is 0 Å². The Morgan fingerprint density at radius 2 is 2.29 bits per heavy atom. The van der Waals surface area contributed by atoms with Crippen molar-refractivity contribution in [3.8, 4) is 0 Å². The number of rotatable bonds is 5. The fraction of sp³-hybridized carbons (Fsp3) is 0.722. The van der Waals surface area contributed by atoms with E-state index in [1.807, 2.05) is 0 Å². The summed E-state index contributed by atoms with van der Waals surface area (Å²) in [6.07, 6.45) is 4.00. The van der Waals surface area contributed by atoms with Crippen LogP contribution in [0.5, 0.6) is 0 Å². The van der Waals surface area contributed by atoms with Gasteiger partial charge in [-0.1, -0.05) is 0 Å². The molecule has 0 spiro atoms. The number of amides is 1. The highest BCUT2D eigenvalue weighted by molar-refractivity contribution is 5.91. The summed E-state index contributed by atoms with van der Waals surface area (Å²) in [6, 6.07) is 3.40. The number of carbonyl (C=O) groups is 1. The first kappa shape index (κ1) is 16.1. The summed E-state index contributed by atoms with van der Waals surface area (Å²) in [6.45, 7) is 6.62. The summed E-state index contributed by atoms with van der Waals surface area (Å²) in [5, 5.41) is 2.94. The van der Waals surface area contributed by atoms with Crippen LogP contribution in [0.25, 0.3) is 0 Å². The molecule has 1 unspecified atom stereocenters. The van der Waals surface area contributed by atoms with Gasteiger partial charge in [-0.05, 0) is 43.4 Å². The third-order valence-corrected chi connectivity index (χ3v) is 5.63. The average Bonchev–Trinajstić information content (AvgIpc) is 3.34. The molecule has 1 aromatic heterocycles. The zero-order chi connectivity index (χ0) is 16.4. The molecule has 4 heterocycles. The Morgan fingerprint density at radius 3 is 3.08 bits per heavy atom. The molecular formula is C18H26N2O4. The van der Waals surface area contributed by atoms with Gasteiger partial charge in [-0.2, -0.15) is 0 Å². The SMILES string of the molecule is O=C(NC[C@@H]1OC[C@H]2CN(CC3CCOC3)CC[C@H]21)c1ccco1. The number of piperidine rings is 1. The van der Waals surface area contributed by atoms with Crippen molar-refractivity contribution in [3.05, 3.63) is 24.2 Å². The number of furan rings is 1. The second kappa shape index (κ2) is 7.25. The molecule has 4 rings (SSSR count). The molecule has 0 saturated carbocycles. The molecular weight excluding hydrogens is 308 g/mol. The topological polar surface area (TPSA) is 63.9 Å². The number of hydrogen-bond donors (Lipinski definition) is 1. The van der Waals surface area contributed by atoms with E-state index in [1.54, 1.807) is 12.1 Å². The summed E-state index contributed by atoms with van der Waals surface area (Å²) >= 11 is 0. The molecule has 6 nitrogen and oxygen atoms in total. The predicted molar refractivity (Wildman–Crippen MR) is 87.7 cm³/mol. The van der Waals surface area contributed by atoms with Crippen LogP contribution in [0.2, 0.25) is 0 Å². The number of hydrogen-bond acceptors (Lipinski definition) is 5. The van der Waals surface area contributed by atoms with E-state index in [2.05, 4.69) is 10.2 Å². The molecule has 132 valence electrons. The fourth-order valence-electron chi connectivity index (χ4n) is 4.32. The van der Waals surface area contributed by atoms with Crippen LogP contribution in [-0.2, 0) is 9.47 Å². The highest BCUT2D eigenvalue weighted by atomic mass is 16.5. The lowest BCUT2D eigenvalue weighted by Gasteiger charge is -2.36. The van der Waals surface area contributed by atoms with E-state index in [1.165, 1.54) is 12.7 Å². The van der Waals surface area contributed by atoms with Crippen molar-refractivity contribution in [2.24, 2.45) is 17.8 Å². The van der Waals surface area contributed by atoms with Gasteiger partial charge in [-0.3, -0.25) is 4.79 Å². The molecule has 4 atom stereocenters. The molecule has 3 aliphatic rings. The number of fused-ring (bicyclic) bond motifs is 1. The van der Waals surface area contributed by atoms with Crippen molar-refractivity contribution < 1.29 is 18.7 Å². The van der Waals surface area contributed by atoms with Crippen LogP contribution in [0.1, 0.15) is 23.4 Å². The number of carbonyl (C=O) groups excluding carboxylic acids is 1. The largest absolute Gasteiger partial charge is 0.459 e. The Hall–Kier alpha value is -1.37. The molecule has 1 amide bonds. The monoisotopic (exact) mass is 334 g/mol. The quantitative estimate of drug-likeness (QED) is 0.881. The van der Waals surface area contributed by atoms with Crippen LogP contribution in [0, 0.1) is 17.8 Å². The minimum absolute atomic E-state index is 0.130. The third-order valence-electron chi connectivity index (χ3n) is 5.63. The summed E-state index contributed by atoms with van der Waals surface area (Å²) in [5.41, 5.74) is 0. The van der Waals surface area contributed by atoms with Crippen molar-refractivity contribution >= 4 is 5.91 Å². The van der Waals surface area contributed by atoms with Crippen LogP contribution in [-0.4, -0.2) is 62.9 Å². The highest BCUT2D eigenvalue weighted by Crippen LogP contribution is 2.34. The predicted octanol–water partition coefficient (Wildman–Crippen LogP) is 1.38. The molecule has 0 aliphatic carbocycles. The fourth-order valence-corrected chi connectivity index (χ4v) is 4.32. The van der Waals surface area contributed by atoms with E-state index >= 15 is 0 Å². The van der Waals surface area contributed by atoms with E-state index in [-0.39, 0.29) is 12.0 Å². The van der Waals surface area contributed by atoms with E-state index in [4.69, 9.17) is 13.9 Å². The first-order chi connectivity index (χ1) is 11.8. The molecule has 0 aromatic carbocycles. The third kappa shape index (κ3) is 3.50. The lowest BCUT2D eigenvalue weighted by Crippen LogP contribution is -2.45. The maximum absolute atomic E-state index is 12.0. The molecule has 0 radical (unpaired) electrons. The second-order valence-corrected chi connectivity index (χ2v) is 7.26. The van der Waals surface area contributed by atoms with Gasteiger partial charge in [0.05, 0.1) is 25.6 Å². The van der Waals surface area contributed by atoms with Gasteiger partial charge in [0, 0.05) is 32.2 Å². The van der Waals surface area contributed by atoms with Gasteiger partial charge in [0.15, 0.2) is 5.76 Å². The van der Waals surface area contributed by atoms with Gasteiger partial charge < -0.3 is 24.1 Å². The lowest BCUT2D eigenvalue weighted by molar-refractivity contribution is 0.0722. The number of nitrogens with one attached hydrogen (secondary N) is 1. The molecule has 6 heteroatoms. The Kier molecular flexibility index (Phi) is 4.87. The van der Waals surface area contributed by atoms with Crippen LogP contribution in [0.15, 0.2) is 22.8 Å². The van der Waals surface area contributed by atoms with Gasteiger partial charge in [0.2, 0.25) is 0 Å². The van der Waals surface area contributed by atoms with E-state index in [0.717, 1.165) is 45.9 Å². The van der Waals surface area contributed by atoms with Crippen molar-refractivity contribution in [2.45, 2.75) is 18.9 Å². The molecule has 3 fully saturated rings. The van der Waals surface area contributed by atoms with Crippen LogP contribution >= 0.6 is 0 Å². The Balaban J connectivity index is 1.25. The van der Waals surface area contributed by atoms with Crippen LogP contribution < -0.4 is 5.32 Å². The van der Waals surface area contributed by atoms with E-state index in [9.17, 15) is 4.79 Å². The highest BCUT2D eigenvalue weighted by Gasteiger charge is 2.41. The molecule has 24 heavy (non-hydrogen) atoms. The van der Waals surface area contributed by atoms with Gasteiger partial charge in [-0.25, -0.2) is 0 Å². The number of ether oxygens (including phenoxy) is 2. The van der Waals surface area contributed by atoms with Crippen molar-refractivity contribution in [2.75, 3.05) is 46.0 Å². The van der Waals surface area contributed by atoms with Gasteiger partial charge in [0.25, 0.3) is 5.91 Å². The molecule has 3 saturated heterocycles. The Morgan fingerprint density at radius 1 is 1.33 bits per heavy atom. The zero-order valence-corrected chi connectivity index (χ0v) is 14.0. The Bertz CT molecular complexity index is 541. The minimum Gasteiger partial charge on any atom is -0.459 e. The second-order valence-electron chi connectivity index (χ2n) is 7.26. The summed E-state index contributed by atoms with van der Waals surface area (Å²) in [5.74, 6) is 2.04. The zero-order valence-electron chi connectivity index (χ0n) is 14.0.